The van der Waals surface area contributed by atoms with Crippen molar-refractivity contribution in [3.63, 3.8) is 0 Å². The van der Waals surface area contributed by atoms with Crippen LogP contribution in [0.25, 0.3) is 10.9 Å². The minimum Gasteiger partial charge on any atom is -0.388 e. The standard InChI is InChI=1S/C25H25BrFN3O4/c26-17-6-3-5-16(11-17)20(12-27)28-25(34)22-9-4-10-30(22)24(33)14-29-13-19(23(32)15-31)18-7-1-2-8-21(18)29/h1-3,5-8,11,13,20,22,31H,4,9-10,12,14-15H2,(H,28,34)/t20-,22+/m1/s1. The van der Waals surface area contributed by atoms with Crippen LogP contribution >= 0.6 is 15.9 Å². The molecule has 0 unspecified atom stereocenters. The van der Waals surface area contributed by atoms with Gasteiger partial charge in [-0.3, -0.25) is 14.4 Å². The molecule has 0 aliphatic carbocycles. The SMILES string of the molecule is O=C(CO)c1cn(CC(=O)N2CCC[C@H]2C(=O)N[C@H](CF)c2cccc(Br)c2)c2ccccc12. The molecule has 0 spiro atoms. The maximum absolute atomic E-state index is 13.8. The van der Waals surface area contributed by atoms with Crippen molar-refractivity contribution < 1.29 is 23.9 Å². The van der Waals surface area contributed by atoms with Crippen LogP contribution in [0.3, 0.4) is 0 Å². The number of benzene rings is 2. The first-order chi connectivity index (χ1) is 16.4. The molecule has 34 heavy (non-hydrogen) atoms. The van der Waals surface area contributed by atoms with Crippen molar-refractivity contribution in [1.29, 1.82) is 0 Å². The molecule has 1 aromatic heterocycles. The quantitative estimate of drug-likeness (QED) is 0.437. The van der Waals surface area contributed by atoms with Crippen molar-refractivity contribution in [2.45, 2.75) is 31.5 Å². The van der Waals surface area contributed by atoms with Crippen molar-refractivity contribution >= 4 is 44.4 Å². The molecule has 2 aromatic carbocycles. The molecule has 1 fully saturated rings. The third kappa shape index (κ3) is 4.90. The Morgan fingerprint density at radius 3 is 2.71 bits per heavy atom. The molecule has 9 heteroatoms. The number of carbonyl (C=O) groups excluding carboxylic acids is 3. The van der Waals surface area contributed by atoms with Crippen molar-refractivity contribution in [1.82, 2.24) is 14.8 Å². The van der Waals surface area contributed by atoms with Gasteiger partial charge in [0.1, 0.15) is 25.9 Å². The van der Waals surface area contributed by atoms with E-state index >= 15 is 0 Å². The predicted octanol–water partition coefficient (Wildman–Crippen LogP) is 3.40. The Morgan fingerprint density at radius 2 is 1.97 bits per heavy atom. The number of likely N-dealkylation sites (tertiary alicyclic amines) is 1. The fourth-order valence-corrected chi connectivity index (χ4v) is 4.88. The van der Waals surface area contributed by atoms with E-state index < -0.39 is 31.1 Å². The van der Waals surface area contributed by atoms with Gasteiger partial charge in [-0.2, -0.15) is 0 Å². The monoisotopic (exact) mass is 529 g/mol. The smallest absolute Gasteiger partial charge is 0.243 e. The largest absolute Gasteiger partial charge is 0.388 e. The van der Waals surface area contributed by atoms with E-state index in [1.807, 2.05) is 12.1 Å². The lowest BCUT2D eigenvalue weighted by Gasteiger charge is -2.26. The lowest BCUT2D eigenvalue weighted by Crippen LogP contribution is -2.48. The summed E-state index contributed by atoms with van der Waals surface area (Å²) in [5, 5.41) is 12.7. The fourth-order valence-electron chi connectivity index (χ4n) is 4.46. The number of para-hydroxylation sites is 1. The number of carbonyl (C=O) groups is 3. The Kier molecular flexibility index (Phi) is 7.43. The number of aliphatic hydroxyl groups is 1. The molecule has 2 amide bonds. The number of aromatic nitrogens is 1. The second-order valence-corrected chi connectivity index (χ2v) is 9.20. The lowest BCUT2D eigenvalue weighted by molar-refractivity contribution is -0.139. The second kappa shape index (κ2) is 10.5. The van der Waals surface area contributed by atoms with Gasteiger partial charge in [-0.1, -0.05) is 46.3 Å². The molecule has 1 aliphatic heterocycles. The summed E-state index contributed by atoms with van der Waals surface area (Å²) in [5.41, 5.74) is 1.68. The fraction of sp³-hybridized carbons (Fsp3) is 0.320. The van der Waals surface area contributed by atoms with Crippen LogP contribution in [0.15, 0.2) is 59.2 Å². The Balaban J connectivity index is 1.51. The number of nitrogens with zero attached hydrogens (tertiary/aromatic N) is 2. The van der Waals surface area contributed by atoms with Gasteiger partial charge in [0.2, 0.25) is 11.8 Å². The van der Waals surface area contributed by atoms with Gasteiger partial charge in [-0.15, -0.1) is 0 Å². The van der Waals surface area contributed by atoms with E-state index in [1.165, 1.54) is 4.90 Å². The summed E-state index contributed by atoms with van der Waals surface area (Å²) in [6.45, 7) is -1.01. The minimum atomic E-state index is -0.803. The molecule has 1 aliphatic rings. The molecular weight excluding hydrogens is 505 g/mol. The highest BCUT2D eigenvalue weighted by Crippen LogP contribution is 2.25. The zero-order valence-corrected chi connectivity index (χ0v) is 20.0. The molecule has 0 bridgehead atoms. The molecule has 0 radical (unpaired) electrons. The first-order valence-corrected chi connectivity index (χ1v) is 11.9. The van der Waals surface area contributed by atoms with E-state index in [9.17, 15) is 23.9 Å². The summed E-state index contributed by atoms with van der Waals surface area (Å²) in [6.07, 6.45) is 2.73. The van der Waals surface area contributed by atoms with Gasteiger partial charge in [-0.25, -0.2) is 4.39 Å². The number of hydrogen-bond acceptors (Lipinski definition) is 4. The van der Waals surface area contributed by atoms with Crippen LogP contribution in [0, 0.1) is 0 Å². The van der Waals surface area contributed by atoms with E-state index in [0.717, 1.165) is 4.47 Å². The van der Waals surface area contributed by atoms with Crippen LogP contribution < -0.4 is 5.32 Å². The number of nitrogens with one attached hydrogen (secondary N) is 1. The zero-order valence-electron chi connectivity index (χ0n) is 18.4. The number of fused-ring (bicyclic) bond motifs is 1. The topological polar surface area (TPSA) is 91.6 Å². The molecule has 2 N–H and O–H groups in total. The van der Waals surface area contributed by atoms with Crippen LogP contribution in [-0.4, -0.2) is 58.0 Å². The van der Waals surface area contributed by atoms with Crippen molar-refractivity contribution in [3.8, 4) is 0 Å². The van der Waals surface area contributed by atoms with Crippen LogP contribution in [-0.2, 0) is 16.1 Å². The Hall–Kier alpha value is -3.04. The maximum atomic E-state index is 13.8. The van der Waals surface area contributed by atoms with Gasteiger partial charge in [0.05, 0.1) is 6.04 Å². The van der Waals surface area contributed by atoms with Crippen molar-refractivity contribution in [2.75, 3.05) is 19.8 Å². The highest BCUT2D eigenvalue weighted by molar-refractivity contribution is 9.10. The average molecular weight is 530 g/mol. The first kappa shape index (κ1) is 24.1. The Morgan fingerprint density at radius 1 is 1.18 bits per heavy atom. The van der Waals surface area contributed by atoms with Gasteiger partial charge in [0, 0.05) is 33.7 Å². The van der Waals surface area contributed by atoms with E-state index in [2.05, 4.69) is 21.2 Å². The second-order valence-electron chi connectivity index (χ2n) is 8.28. The third-order valence-corrected chi connectivity index (χ3v) is 6.63. The summed E-state index contributed by atoms with van der Waals surface area (Å²) in [7, 11) is 0. The molecule has 7 nitrogen and oxygen atoms in total. The number of alkyl halides is 1. The normalized spacial score (nSPS) is 16.6. The first-order valence-electron chi connectivity index (χ1n) is 11.1. The van der Waals surface area contributed by atoms with E-state index in [1.54, 1.807) is 47.2 Å². The average Bonchev–Trinajstić information content (AvgIpc) is 3.48. The third-order valence-electron chi connectivity index (χ3n) is 6.14. The maximum Gasteiger partial charge on any atom is 0.243 e. The molecule has 2 atom stereocenters. The highest BCUT2D eigenvalue weighted by Gasteiger charge is 2.35. The lowest BCUT2D eigenvalue weighted by atomic mass is 10.1. The molecule has 178 valence electrons. The van der Waals surface area contributed by atoms with Crippen molar-refractivity contribution in [2.24, 2.45) is 0 Å². The van der Waals surface area contributed by atoms with Crippen molar-refractivity contribution in [3.05, 3.63) is 70.3 Å². The number of Topliss-reactive ketones (excluding diaryl/α,β-unsaturated/α-hetero) is 1. The van der Waals surface area contributed by atoms with Gasteiger partial charge < -0.3 is 19.9 Å². The zero-order chi connectivity index (χ0) is 24.2. The number of aliphatic hydroxyl groups excluding tert-OH is 1. The number of ketones is 1. The summed E-state index contributed by atoms with van der Waals surface area (Å²) < 4.78 is 16.2. The minimum absolute atomic E-state index is 0.0544. The summed E-state index contributed by atoms with van der Waals surface area (Å²) in [5.74, 6) is -1.08. The highest BCUT2D eigenvalue weighted by atomic mass is 79.9. The molecule has 1 saturated heterocycles. The van der Waals surface area contributed by atoms with Gasteiger partial charge in [0.15, 0.2) is 5.78 Å². The Bertz CT molecular complexity index is 1230. The molecule has 4 rings (SSSR count). The summed E-state index contributed by atoms with van der Waals surface area (Å²) in [4.78, 5) is 39.9. The number of halogens is 2. The molecule has 0 saturated carbocycles. The van der Waals surface area contributed by atoms with E-state index in [4.69, 9.17) is 0 Å². The number of hydrogen-bond donors (Lipinski definition) is 2. The number of amides is 2. The summed E-state index contributed by atoms with van der Waals surface area (Å²) >= 11 is 3.36. The van der Waals surface area contributed by atoms with Gasteiger partial charge in [0.25, 0.3) is 0 Å². The van der Waals surface area contributed by atoms with E-state index in [-0.39, 0.29) is 18.4 Å². The van der Waals surface area contributed by atoms with Crippen LogP contribution in [0.2, 0.25) is 0 Å². The van der Waals surface area contributed by atoms with Gasteiger partial charge in [-0.05, 0) is 36.6 Å². The summed E-state index contributed by atoms with van der Waals surface area (Å²) in [6, 6.07) is 12.8. The molecular formula is C25H25BrFN3O4. The number of rotatable bonds is 8. The van der Waals surface area contributed by atoms with E-state index in [0.29, 0.717) is 41.4 Å². The molecule has 2 heterocycles. The Labute approximate surface area is 204 Å². The van der Waals surface area contributed by atoms with Gasteiger partial charge >= 0.3 is 0 Å². The van der Waals surface area contributed by atoms with Crippen LogP contribution in [0.1, 0.15) is 34.8 Å². The predicted molar refractivity (Wildman–Crippen MR) is 129 cm³/mol. The van der Waals surface area contributed by atoms with Crippen LogP contribution in [0.4, 0.5) is 4.39 Å². The molecule has 3 aromatic rings. The van der Waals surface area contributed by atoms with Crippen LogP contribution in [0.5, 0.6) is 0 Å².